The molecule has 0 saturated heterocycles. The van der Waals surface area contributed by atoms with Crippen LogP contribution in [0.2, 0.25) is 0 Å². The third kappa shape index (κ3) is 3.19. The van der Waals surface area contributed by atoms with E-state index in [1.165, 1.54) is 24.5 Å². The molecular formula is C17H14N2O5. The summed E-state index contributed by atoms with van der Waals surface area (Å²) in [6.45, 7) is 0. The Bertz CT molecular complexity index is 943. The number of para-hydroxylation sites is 1. The van der Waals surface area contributed by atoms with Gasteiger partial charge in [0.15, 0.2) is 5.76 Å². The van der Waals surface area contributed by atoms with Crippen LogP contribution in [-0.2, 0) is 11.2 Å². The zero-order valence-electron chi connectivity index (χ0n) is 12.5. The summed E-state index contributed by atoms with van der Waals surface area (Å²) >= 11 is 0. The number of furan rings is 1. The van der Waals surface area contributed by atoms with Crippen molar-refractivity contribution < 1.29 is 19.1 Å². The highest BCUT2D eigenvalue weighted by molar-refractivity contribution is 5.94. The van der Waals surface area contributed by atoms with Crippen molar-refractivity contribution in [2.75, 3.05) is 0 Å². The molecule has 1 atom stereocenters. The van der Waals surface area contributed by atoms with Crippen molar-refractivity contribution in [3.05, 3.63) is 70.4 Å². The van der Waals surface area contributed by atoms with Crippen LogP contribution in [0.3, 0.4) is 0 Å². The molecule has 2 aromatic heterocycles. The molecule has 24 heavy (non-hydrogen) atoms. The fourth-order valence-corrected chi connectivity index (χ4v) is 2.50. The first-order chi connectivity index (χ1) is 11.5. The second-order valence-corrected chi connectivity index (χ2v) is 5.25. The van der Waals surface area contributed by atoms with E-state index < -0.39 is 17.9 Å². The molecule has 2 heterocycles. The van der Waals surface area contributed by atoms with Gasteiger partial charge in [-0.1, -0.05) is 18.2 Å². The number of pyridine rings is 1. The molecule has 0 saturated carbocycles. The van der Waals surface area contributed by atoms with Crippen LogP contribution >= 0.6 is 0 Å². The number of carbonyl (C=O) groups excluding carboxylic acids is 1. The summed E-state index contributed by atoms with van der Waals surface area (Å²) in [5, 5.41) is 12.5. The van der Waals surface area contributed by atoms with Gasteiger partial charge in [-0.2, -0.15) is 0 Å². The summed E-state index contributed by atoms with van der Waals surface area (Å²) < 4.78 is 4.96. The summed E-state index contributed by atoms with van der Waals surface area (Å²) in [6.07, 6.45) is 1.31. The van der Waals surface area contributed by atoms with Gasteiger partial charge in [0.1, 0.15) is 6.04 Å². The van der Waals surface area contributed by atoms with Gasteiger partial charge in [0.2, 0.25) is 5.56 Å². The van der Waals surface area contributed by atoms with Crippen molar-refractivity contribution in [3.8, 4) is 0 Å². The molecule has 3 aromatic rings. The number of carboxylic acid groups (broad SMARTS) is 1. The van der Waals surface area contributed by atoms with Gasteiger partial charge in [-0.25, -0.2) is 4.79 Å². The lowest BCUT2D eigenvalue weighted by molar-refractivity contribution is -0.139. The highest BCUT2D eigenvalue weighted by Crippen LogP contribution is 2.16. The van der Waals surface area contributed by atoms with Crippen molar-refractivity contribution in [1.29, 1.82) is 0 Å². The molecule has 7 nitrogen and oxygen atoms in total. The Labute approximate surface area is 135 Å². The Balaban J connectivity index is 1.90. The molecular weight excluding hydrogens is 312 g/mol. The predicted molar refractivity (Wildman–Crippen MR) is 85.9 cm³/mol. The number of amides is 1. The first-order valence-electron chi connectivity index (χ1n) is 7.22. The first-order valence-corrected chi connectivity index (χ1v) is 7.22. The highest BCUT2D eigenvalue weighted by atomic mass is 16.4. The van der Waals surface area contributed by atoms with Crippen molar-refractivity contribution >= 4 is 22.8 Å². The van der Waals surface area contributed by atoms with Crippen LogP contribution in [0.1, 0.15) is 16.1 Å². The van der Waals surface area contributed by atoms with Crippen LogP contribution < -0.4 is 10.9 Å². The van der Waals surface area contributed by atoms with Gasteiger partial charge in [0, 0.05) is 23.4 Å². The number of nitrogens with one attached hydrogen (secondary N) is 2. The number of aliphatic carboxylic acids is 1. The van der Waals surface area contributed by atoms with Gasteiger partial charge in [-0.15, -0.1) is 0 Å². The number of hydrogen-bond donors (Lipinski definition) is 3. The number of carboxylic acids is 1. The van der Waals surface area contributed by atoms with E-state index in [0.717, 1.165) is 5.39 Å². The number of aromatic amines is 1. The van der Waals surface area contributed by atoms with Crippen LogP contribution in [0.25, 0.3) is 10.9 Å². The minimum absolute atomic E-state index is 0.0216. The largest absolute Gasteiger partial charge is 0.480 e. The number of aromatic nitrogens is 1. The standard InChI is InChI=1S/C17H14N2O5/c20-15-9-10(11-4-1-2-5-12(11)18-15)8-13(17(22)23)19-16(21)14-6-3-7-24-14/h1-7,9,13H,8H2,(H,18,20)(H,19,21)(H,22,23). The zero-order valence-corrected chi connectivity index (χ0v) is 12.5. The lowest BCUT2D eigenvalue weighted by Crippen LogP contribution is -2.42. The van der Waals surface area contributed by atoms with Gasteiger partial charge in [-0.05, 0) is 23.8 Å². The molecule has 122 valence electrons. The van der Waals surface area contributed by atoms with Gasteiger partial charge < -0.3 is 19.8 Å². The maximum absolute atomic E-state index is 12.0. The molecule has 1 amide bonds. The van der Waals surface area contributed by atoms with Crippen molar-refractivity contribution in [2.45, 2.75) is 12.5 Å². The number of fused-ring (bicyclic) bond motifs is 1. The van der Waals surface area contributed by atoms with E-state index in [9.17, 15) is 19.5 Å². The Morgan fingerprint density at radius 1 is 1.21 bits per heavy atom. The van der Waals surface area contributed by atoms with Crippen LogP contribution in [0.15, 0.2) is 57.9 Å². The van der Waals surface area contributed by atoms with Crippen LogP contribution in [-0.4, -0.2) is 28.0 Å². The minimum atomic E-state index is -1.20. The van der Waals surface area contributed by atoms with E-state index in [2.05, 4.69) is 10.3 Å². The topological polar surface area (TPSA) is 112 Å². The van der Waals surface area contributed by atoms with Crippen molar-refractivity contribution in [1.82, 2.24) is 10.3 Å². The Morgan fingerprint density at radius 3 is 2.71 bits per heavy atom. The summed E-state index contributed by atoms with van der Waals surface area (Å²) in [6, 6.07) is 10.2. The molecule has 0 aliphatic carbocycles. The highest BCUT2D eigenvalue weighted by Gasteiger charge is 2.23. The molecule has 1 aromatic carbocycles. The lowest BCUT2D eigenvalue weighted by atomic mass is 10.0. The smallest absolute Gasteiger partial charge is 0.326 e. The van der Waals surface area contributed by atoms with E-state index in [0.29, 0.717) is 11.1 Å². The molecule has 0 spiro atoms. The SMILES string of the molecule is O=C(NC(Cc1cc(=O)[nH]c2ccccc12)C(=O)O)c1ccco1. The van der Waals surface area contributed by atoms with Gasteiger partial charge in [0.25, 0.3) is 5.91 Å². The molecule has 0 aliphatic rings. The summed E-state index contributed by atoms with van der Waals surface area (Å²) in [5.41, 5.74) is 0.827. The number of benzene rings is 1. The molecule has 0 aliphatic heterocycles. The lowest BCUT2D eigenvalue weighted by Gasteiger charge is -2.15. The normalized spacial score (nSPS) is 12.0. The van der Waals surface area contributed by atoms with Crippen molar-refractivity contribution in [2.24, 2.45) is 0 Å². The summed E-state index contributed by atoms with van der Waals surface area (Å²) in [4.78, 5) is 38.0. The third-order valence-electron chi connectivity index (χ3n) is 3.61. The molecule has 1 unspecified atom stereocenters. The number of rotatable bonds is 5. The third-order valence-corrected chi connectivity index (χ3v) is 3.61. The fraction of sp³-hybridized carbons (Fsp3) is 0.118. The molecule has 0 radical (unpaired) electrons. The summed E-state index contributed by atoms with van der Waals surface area (Å²) in [7, 11) is 0. The van der Waals surface area contributed by atoms with Crippen LogP contribution in [0, 0.1) is 0 Å². The number of H-pyrrole nitrogens is 1. The Kier molecular flexibility index (Phi) is 4.15. The maximum Gasteiger partial charge on any atom is 0.326 e. The quantitative estimate of drug-likeness (QED) is 0.658. The Hall–Kier alpha value is -3.35. The van der Waals surface area contributed by atoms with E-state index in [4.69, 9.17) is 4.42 Å². The molecule has 3 N–H and O–H groups in total. The number of carbonyl (C=O) groups is 2. The van der Waals surface area contributed by atoms with E-state index in [1.807, 2.05) is 0 Å². The monoisotopic (exact) mass is 326 g/mol. The zero-order chi connectivity index (χ0) is 17.1. The maximum atomic E-state index is 12.0. The predicted octanol–water partition coefficient (Wildman–Crippen LogP) is 1.55. The molecule has 0 bridgehead atoms. The van der Waals surface area contributed by atoms with Crippen LogP contribution in [0.5, 0.6) is 0 Å². The average Bonchev–Trinajstić information content (AvgIpc) is 3.08. The first kappa shape index (κ1) is 15.5. The average molecular weight is 326 g/mol. The molecule has 0 fully saturated rings. The summed E-state index contributed by atoms with van der Waals surface area (Å²) in [5.74, 6) is -1.79. The van der Waals surface area contributed by atoms with Crippen LogP contribution in [0.4, 0.5) is 0 Å². The van der Waals surface area contributed by atoms with Gasteiger partial charge >= 0.3 is 5.97 Å². The molecule has 7 heteroatoms. The van der Waals surface area contributed by atoms with E-state index in [-0.39, 0.29) is 17.7 Å². The second kappa shape index (κ2) is 6.41. The fourth-order valence-electron chi connectivity index (χ4n) is 2.50. The number of hydrogen-bond acceptors (Lipinski definition) is 4. The Morgan fingerprint density at radius 2 is 2.00 bits per heavy atom. The van der Waals surface area contributed by atoms with Gasteiger partial charge in [-0.3, -0.25) is 9.59 Å². The van der Waals surface area contributed by atoms with E-state index in [1.54, 1.807) is 24.3 Å². The van der Waals surface area contributed by atoms with E-state index >= 15 is 0 Å². The molecule has 3 rings (SSSR count). The van der Waals surface area contributed by atoms with Gasteiger partial charge in [0.05, 0.1) is 6.26 Å². The minimum Gasteiger partial charge on any atom is -0.480 e. The van der Waals surface area contributed by atoms with Crippen molar-refractivity contribution in [3.63, 3.8) is 0 Å². The second-order valence-electron chi connectivity index (χ2n) is 5.25.